The van der Waals surface area contributed by atoms with Crippen LogP contribution in [0.25, 0.3) is 0 Å². The van der Waals surface area contributed by atoms with Gasteiger partial charge in [0.1, 0.15) is 23.0 Å². The molecule has 0 unspecified atom stereocenters. The van der Waals surface area contributed by atoms with E-state index in [4.69, 9.17) is 24.2 Å². The third-order valence-corrected chi connectivity index (χ3v) is 6.64. The van der Waals surface area contributed by atoms with Gasteiger partial charge in [0.05, 0.1) is 17.2 Å². The van der Waals surface area contributed by atoms with Crippen LogP contribution in [0.3, 0.4) is 0 Å². The summed E-state index contributed by atoms with van der Waals surface area (Å²) in [5, 5.41) is 9.00. The lowest BCUT2D eigenvalue weighted by Gasteiger charge is -2.36. The monoisotopic (exact) mass is 541 g/mol. The summed E-state index contributed by atoms with van der Waals surface area (Å²) in [6.07, 6.45) is 0. The van der Waals surface area contributed by atoms with E-state index in [1.807, 2.05) is 0 Å². The second-order valence-electron chi connectivity index (χ2n) is 9.38. The predicted molar refractivity (Wildman–Crippen MR) is 144 cm³/mol. The van der Waals surface area contributed by atoms with Crippen LogP contribution in [0.15, 0.2) is 78.9 Å². The fourth-order valence-electron chi connectivity index (χ4n) is 5.00. The lowest BCUT2D eigenvalue weighted by Crippen LogP contribution is -2.33. The molecule has 0 atom stereocenters. The average Bonchev–Trinajstić information content (AvgIpc) is 3.23. The lowest BCUT2D eigenvalue weighted by atomic mass is 9.77. The number of rotatable bonds is 2. The SMILES string of the molecule is CC(=O)Oc1ccc2c(c1)Oc1cc(OC(C)=O)ccc1C21OC(=O)c2cc(C#Cc3ccc(C#N)cc3)ccc21. The zero-order valence-electron chi connectivity index (χ0n) is 21.8. The maximum absolute atomic E-state index is 13.4. The molecule has 0 aliphatic carbocycles. The Morgan fingerprint density at radius 3 is 1.78 bits per heavy atom. The predicted octanol–water partition coefficient (Wildman–Crippen LogP) is 5.38. The van der Waals surface area contributed by atoms with Gasteiger partial charge in [-0.05, 0) is 60.7 Å². The molecule has 0 bridgehead atoms. The van der Waals surface area contributed by atoms with Gasteiger partial charge in [0, 0.05) is 53.8 Å². The molecular formula is C33H19NO7. The quantitative estimate of drug-likeness (QED) is 0.189. The Labute approximate surface area is 234 Å². The van der Waals surface area contributed by atoms with Crippen molar-refractivity contribution in [2.75, 3.05) is 0 Å². The molecule has 0 radical (unpaired) electrons. The molecular weight excluding hydrogens is 522 g/mol. The molecule has 198 valence electrons. The first-order valence-electron chi connectivity index (χ1n) is 12.5. The molecule has 0 fully saturated rings. The molecule has 8 heteroatoms. The highest BCUT2D eigenvalue weighted by molar-refractivity contribution is 5.97. The van der Waals surface area contributed by atoms with E-state index < -0.39 is 23.5 Å². The zero-order valence-corrected chi connectivity index (χ0v) is 21.8. The second kappa shape index (κ2) is 9.71. The number of hydrogen-bond donors (Lipinski definition) is 0. The van der Waals surface area contributed by atoms with E-state index in [0.717, 1.165) is 5.56 Å². The fourth-order valence-corrected chi connectivity index (χ4v) is 5.00. The van der Waals surface area contributed by atoms with E-state index in [2.05, 4.69) is 17.9 Å². The van der Waals surface area contributed by atoms with E-state index in [1.165, 1.54) is 13.8 Å². The van der Waals surface area contributed by atoms with Gasteiger partial charge >= 0.3 is 17.9 Å². The molecule has 8 nitrogen and oxygen atoms in total. The molecule has 41 heavy (non-hydrogen) atoms. The van der Waals surface area contributed by atoms with Gasteiger partial charge < -0.3 is 18.9 Å². The first-order chi connectivity index (χ1) is 19.8. The number of ether oxygens (including phenoxy) is 4. The Morgan fingerprint density at radius 1 is 0.707 bits per heavy atom. The number of nitriles is 1. The van der Waals surface area contributed by atoms with Crippen LogP contribution in [0, 0.1) is 23.2 Å². The van der Waals surface area contributed by atoms with Gasteiger partial charge in [-0.25, -0.2) is 4.79 Å². The van der Waals surface area contributed by atoms with Crippen molar-refractivity contribution in [3.8, 4) is 40.9 Å². The van der Waals surface area contributed by atoms with E-state index in [9.17, 15) is 14.4 Å². The fraction of sp³-hybridized carbons (Fsp3) is 0.0909. The summed E-state index contributed by atoms with van der Waals surface area (Å²) >= 11 is 0. The van der Waals surface area contributed by atoms with E-state index in [-0.39, 0.29) is 11.5 Å². The zero-order chi connectivity index (χ0) is 28.7. The number of fused-ring (bicyclic) bond motifs is 6. The van der Waals surface area contributed by atoms with Crippen LogP contribution in [0.5, 0.6) is 23.0 Å². The van der Waals surface area contributed by atoms with Crippen molar-refractivity contribution in [2.24, 2.45) is 0 Å². The van der Waals surface area contributed by atoms with Gasteiger partial charge in [0.2, 0.25) is 0 Å². The number of hydrogen-bond acceptors (Lipinski definition) is 8. The maximum Gasteiger partial charge on any atom is 0.340 e. The minimum Gasteiger partial charge on any atom is -0.456 e. The topological polar surface area (TPSA) is 112 Å². The maximum atomic E-state index is 13.4. The highest BCUT2D eigenvalue weighted by Crippen LogP contribution is 2.57. The molecule has 0 N–H and O–H groups in total. The molecule has 2 heterocycles. The van der Waals surface area contributed by atoms with Crippen LogP contribution in [-0.2, 0) is 19.9 Å². The molecule has 6 rings (SSSR count). The summed E-state index contributed by atoms with van der Waals surface area (Å²) in [6.45, 7) is 2.58. The van der Waals surface area contributed by atoms with Crippen molar-refractivity contribution < 1.29 is 33.3 Å². The summed E-state index contributed by atoms with van der Waals surface area (Å²) in [7, 11) is 0. The van der Waals surface area contributed by atoms with Gasteiger partial charge in [-0.15, -0.1) is 0 Å². The minimum atomic E-state index is -1.38. The summed E-state index contributed by atoms with van der Waals surface area (Å²) in [4.78, 5) is 36.6. The van der Waals surface area contributed by atoms with E-state index in [0.29, 0.717) is 44.9 Å². The number of nitrogens with zero attached hydrogens (tertiary/aromatic N) is 1. The largest absolute Gasteiger partial charge is 0.456 e. The second-order valence-corrected chi connectivity index (χ2v) is 9.38. The molecule has 1 spiro atoms. The normalized spacial score (nSPS) is 13.2. The highest BCUT2D eigenvalue weighted by atomic mass is 16.6. The first kappa shape index (κ1) is 25.4. The van der Waals surface area contributed by atoms with Crippen LogP contribution in [0.1, 0.15) is 57.6 Å². The molecule has 0 saturated carbocycles. The molecule has 2 aliphatic heterocycles. The smallest absolute Gasteiger partial charge is 0.340 e. The van der Waals surface area contributed by atoms with Crippen molar-refractivity contribution in [1.82, 2.24) is 0 Å². The third-order valence-electron chi connectivity index (χ3n) is 6.64. The molecule has 0 saturated heterocycles. The Hall–Kier alpha value is -5.86. The third kappa shape index (κ3) is 4.44. The van der Waals surface area contributed by atoms with Crippen molar-refractivity contribution in [3.05, 3.63) is 118 Å². The van der Waals surface area contributed by atoms with Crippen molar-refractivity contribution >= 4 is 17.9 Å². The van der Waals surface area contributed by atoms with E-state index >= 15 is 0 Å². The average molecular weight is 542 g/mol. The van der Waals surface area contributed by atoms with Crippen LogP contribution >= 0.6 is 0 Å². The van der Waals surface area contributed by atoms with Gasteiger partial charge in [0.15, 0.2) is 5.60 Å². The Kier molecular flexibility index (Phi) is 6.02. The van der Waals surface area contributed by atoms with Crippen LogP contribution < -0.4 is 14.2 Å². The Morgan fingerprint density at radius 2 is 1.22 bits per heavy atom. The summed E-state index contributed by atoms with van der Waals surface area (Å²) in [6, 6.07) is 23.9. The summed E-state index contributed by atoms with van der Waals surface area (Å²) < 4.78 is 22.9. The number of benzene rings is 4. The minimum absolute atomic E-state index is 0.254. The molecule has 2 aliphatic rings. The van der Waals surface area contributed by atoms with Crippen molar-refractivity contribution in [2.45, 2.75) is 19.4 Å². The van der Waals surface area contributed by atoms with Gasteiger partial charge in [-0.2, -0.15) is 5.26 Å². The first-order valence-corrected chi connectivity index (χ1v) is 12.5. The molecule has 4 aromatic rings. The van der Waals surface area contributed by atoms with Crippen molar-refractivity contribution in [1.29, 1.82) is 5.26 Å². The van der Waals surface area contributed by atoms with Crippen LogP contribution in [0.4, 0.5) is 0 Å². The van der Waals surface area contributed by atoms with E-state index in [1.54, 1.807) is 78.9 Å². The van der Waals surface area contributed by atoms with Crippen LogP contribution in [-0.4, -0.2) is 17.9 Å². The van der Waals surface area contributed by atoms with Gasteiger partial charge in [0.25, 0.3) is 0 Å². The number of carbonyl (C=O) groups is 3. The number of esters is 3. The lowest BCUT2D eigenvalue weighted by molar-refractivity contribution is -0.132. The van der Waals surface area contributed by atoms with Gasteiger partial charge in [-0.3, -0.25) is 9.59 Å². The highest BCUT2D eigenvalue weighted by Gasteiger charge is 2.53. The van der Waals surface area contributed by atoms with Crippen LogP contribution in [0.2, 0.25) is 0 Å². The van der Waals surface area contributed by atoms with Gasteiger partial charge in [-0.1, -0.05) is 17.9 Å². The molecule has 4 aromatic carbocycles. The molecule has 0 amide bonds. The summed E-state index contributed by atoms with van der Waals surface area (Å²) in [5.41, 5.74) is 2.47. The standard InChI is InChI=1S/C33H19NO7/c1-19(35)38-24-10-13-28-30(16-24)40-31-17-25(39-20(2)36)11-14-29(31)33(28)27-12-9-22(15-26(27)32(37)41-33)6-3-21-4-7-23(18-34)8-5-21/h4-5,7-17H,1-2H3. The van der Waals surface area contributed by atoms with Crippen molar-refractivity contribution in [3.63, 3.8) is 0 Å². The number of carbonyl (C=O) groups excluding carboxylic acids is 3. The Balaban J connectivity index is 1.49. The Bertz CT molecular complexity index is 1820. The summed E-state index contributed by atoms with van der Waals surface area (Å²) in [5.74, 6) is 5.69. The molecule has 0 aromatic heterocycles.